The number of phenolic OH excluding ortho intramolecular Hbond substituents is 1. The first-order valence-corrected chi connectivity index (χ1v) is 5.74. The minimum Gasteiger partial charge on any atom is -0.508 e. The number of hydrogen-bond donors (Lipinski definition) is 3. The first-order valence-electron chi connectivity index (χ1n) is 4.95. The SMILES string of the molecule is NC(C(=O)O)C1(c2cc(O)ccc2Br)CC1. The minimum atomic E-state index is -1.01. The van der Waals surface area contributed by atoms with Gasteiger partial charge >= 0.3 is 5.97 Å². The van der Waals surface area contributed by atoms with Gasteiger partial charge < -0.3 is 15.9 Å². The molecule has 0 heterocycles. The number of carbonyl (C=O) groups is 1. The van der Waals surface area contributed by atoms with E-state index in [2.05, 4.69) is 15.9 Å². The van der Waals surface area contributed by atoms with Crippen molar-refractivity contribution in [3.8, 4) is 5.75 Å². The van der Waals surface area contributed by atoms with E-state index in [1.54, 1.807) is 18.2 Å². The van der Waals surface area contributed by atoms with Crippen molar-refractivity contribution >= 4 is 21.9 Å². The number of benzene rings is 1. The van der Waals surface area contributed by atoms with E-state index in [4.69, 9.17) is 10.8 Å². The summed E-state index contributed by atoms with van der Waals surface area (Å²) < 4.78 is 0.791. The van der Waals surface area contributed by atoms with Gasteiger partial charge in [0.1, 0.15) is 11.8 Å². The van der Waals surface area contributed by atoms with Crippen LogP contribution in [0.3, 0.4) is 0 Å². The van der Waals surface area contributed by atoms with Gasteiger partial charge in [0.2, 0.25) is 0 Å². The molecule has 1 aliphatic carbocycles. The van der Waals surface area contributed by atoms with Crippen LogP contribution in [-0.4, -0.2) is 22.2 Å². The molecule has 4 N–H and O–H groups in total. The van der Waals surface area contributed by atoms with Crippen LogP contribution in [-0.2, 0) is 10.2 Å². The zero-order valence-corrected chi connectivity index (χ0v) is 10.1. The molecule has 4 nitrogen and oxygen atoms in total. The number of rotatable bonds is 3. The molecule has 1 aliphatic rings. The summed E-state index contributed by atoms with van der Waals surface area (Å²) in [6, 6.07) is 3.92. The van der Waals surface area contributed by atoms with Gasteiger partial charge in [0.25, 0.3) is 0 Å². The number of carboxylic acid groups (broad SMARTS) is 1. The van der Waals surface area contributed by atoms with Crippen molar-refractivity contribution in [3.05, 3.63) is 28.2 Å². The van der Waals surface area contributed by atoms with Crippen molar-refractivity contribution in [2.45, 2.75) is 24.3 Å². The minimum absolute atomic E-state index is 0.127. The quantitative estimate of drug-likeness (QED) is 0.788. The van der Waals surface area contributed by atoms with Crippen molar-refractivity contribution in [3.63, 3.8) is 0 Å². The van der Waals surface area contributed by atoms with E-state index in [1.165, 1.54) is 0 Å². The number of carboxylic acids is 1. The van der Waals surface area contributed by atoms with Crippen LogP contribution in [0, 0.1) is 0 Å². The lowest BCUT2D eigenvalue weighted by atomic mass is 9.88. The Hall–Kier alpha value is -1.07. The summed E-state index contributed by atoms with van der Waals surface area (Å²) in [4.78, 5) is 11.0. The van der Waals surface area contributed by atoms with Crippen LogP contribution in [0.5, 0.6) is 5.75 Å². The Bertz CT molecular complexity index is 443. The third kappa shape index (κ3) is 1.70. The first-order chi connectivity index (χ1) is 7.47. The Morgan fingerprint density at radius 3 is 2.62 bits per heavy atom. The molecular formula is C11H12BrNO3. The summed E-state index contributed by atoms with van der Waals surface area (Å²) in [6.45, 7) is 0. The number of nitrogens with two attached hydrogens (primary N) is 1. The van der Waals surface area contributed by atoms with Crippen molar-refractivity contribution in [2.24, 2.45) is 5.73 Å². The van der Waals surface area contributed by atoms with Gasteiger partial charge in [-0.1, -0.05) is 15.9 Å². The van der Waals surface area contributed by atoms with Crippen molar-refractivity contribution in [1.82, 2.24) is 0 Å². The lowest BCUT2D eigenvalue weighted by molar-refractivity contribution is -0.139. The van der Waals surface area contributed by atoms with Crippen molar-refractivity contribution in [2.75, 3.05) is 0 Å². The van der Waals surface area contributed by atoms with Gasteiger partial charge in [0.15, 0.2) is 0 Å². The highest BCUT2D eigenvalue weighted by Gasteiger charge is 2.53. The number of phenols is 1. The second-order valence-electron chi connectivity index (χ2n) is 4.14. The van der Waals surface area contributed by atoms with Crippen LogP contribution in [0.4, 0.5) is 0 Å². The second-order valence-corrected chi connectivity index (χ2v) is 4.99. The molecule has 0 aromatic heterocycles. The Morgan fingerprint density at radius 1 is 1.50 bits per heavy atom. The Balaban J connectivity index is 2.44. The van der Waals surface area contributed by atoms with Crippen LogP contribution in [0.1, 0.15) is 18.4 Å². The zero-order valence-electron chi connectivity index (χ0n) is 8.48. The predicted molar refractivity (Wildman–Crippen MR) is 62.3 cm³/mol. The largest absolute Gasteiger partial charge is 0.508 e. The van der Waals surface area contributed by atoms with E-state index in [0.717, 1.165) is 22.9 Å². The molecule has 0 spiro atoms. The molecule has 2 rings (SSSR count). The van der Waals surface area contributed by atoms with Gasteiger partial charge in [-0.2, -0.15) is 0 Å². The van der Waals surface area contributed by atoms with E-state index < -0.39 is 17.4 Å². The van der Waals surface area contributed by atoms with E-state index in [0.29, 0.717) is 0 Å². The maximum atomic E-state index is 11.0. The highest BCUT2D eigenvalue weighted by atomic mass is 79.9. The smallest absolute Gasteiger partial charge is 0.321 e. The van der Waals surface area contributed by atoms with Gasteiger partial charge in [-0.25, -0.2) is 0 Å². The molecule has 0 amide bonds. The van der Waals surface area contributed by atoms with Crippen LogP contribution < -0.4 is 5.73 Å². The van der Waals surface area contributed by atoms with E-state index >= 15 is 0 Å². The molecule has 16 heavy (non-hydrogen) atoms. The average molecular weight is 286 g/mol. The van der Waals surface area contributed by atoms with Gasteiger partial charge in [0, 0.05) is 9.89 Å². The normalized spacial score (nSPS) is 19.1. The Labute approximate surface area is 101 Å². The molecule has 0 saturated heterocycles. The molecule has 1 aromatic rings. The maximum absolute atomic E-state index is 11.0. The molecule has 0 radical (unpaired) electrons. The fourth-order valence-corrected chi connectivity index (χ4v) is 2.66. The number of aliphatic carboxylic acids is 1. The highest BCUT2D eigenvalue weighted by molar-refractivity contribution is 9.10. The van der Waals surface area contributed by atoms with Gasteiger partial charge in [-0.15, -0.1) is 0 Å². The second kappa shape index (κ2) is 3.75. The third-order valence-electron chi connectivity index (χ3n) is 3.14. The standard InChI is InChI=1S/C11H12BrNO3/c12-8-2-1-6(14)5-7(8)11(3-4-11)9(13)10(15)16/h1-2,5,9,14H,3-4,13H2,(H,15,16). The van der Waals surface area contributed by atoms with Crippen LogP contribution in [0.25, 0.3) is 0 Å². The first kappa shape index (κ1) is 11.4. The molecule has 0 aliphatic heterocycles. The molecular weight excluding hydrogens is 274 g/mol. The molecule has 1 aromatic carbocycles. The number of aromatic hydroxyl groups is 1. The molecule has 1 saturated carbocycles. The summed E-state index contributed by atoms with van der Waals surface area (Å²) in [5.74, 6) is -0.880. The molecule has 1 fully saturated rings. The zero-order chi connectivity index (χ0) is 11.9. The lowest BCUT2D eigenvalue weighted by Crippen LogP contribution is -2.42. The average Bonchev–Trinajstić information content (AvgIpc) is 3.01. The van der Waals surface area contributed by atoms with E-state index in [-0.39, 0.29) is 5.75 Å². The monoisotopic (exact) mass is 285 g/mol. The topological polar surface area (TPSA) is 83.6 Å². The fourth-order valence-electron chi connectivity index (χ4n) is 2.01. The Kier molecular flexibility index (Phi) is 2.67. The van der Waals surface area contributed by atoms with E-state index in [9.17, 15) is 9.90 Å². The van der Waals surface area contributed by atoms with Crippen molar-refractivity contribution in [1.29, 1.82) is 0 Å². The highest BCUT2D eigenvalue weighted by Crippen LogP contribution is 2.53. The van der Waals surface area contributed by atoms with Crippen LogP contribution in [0.15, 0.2) is 22.7 Å². The molecule has 86 valence electrons. The fraction of sp³-hybridized carbons (Fsp3) is 0.364. The van der Waals surface area contributed by atoms with Gasteiger partial charge in [-0.05, 0) is 36.6 Å². The third-order valence-corrected chi connectivity index (χ3v) is 3.83. The van der Waals surface area contributed by atoms with Gasteiger partial charge in [-0.3, -0.25) is 4.79 Å². The number of hydrogen-bond acceptors (Lipinski definition) is 3. The molecule has 1 atom stereocenters. The summed E-state index contributed by atoms with van der Waals surface area (Å²) in [5, 5.41) is 18.4. The molecule has 5 heteroatoms. The van der Waals surface area contributed by atoms with Crippen LogP contribution >= 0.6 is 15.9 Å². The predicted octanol–water partition coefficient (Wildman–Crippen LogP) is 1.60. The molecule has 1 unspecified atom stereocenters. The Morgan fingerprint density at radius 2 is 2.12 bits per heavy atom. The van der Waals surface area contributed by atoms with Crippen molar-refractivity contribution < 1.29 is 15.0 Å². The molecule has 0 bridgehead atoms. The summed E-state index contributed by atoms with van der Waals surface area (Å²) >= 11 is 3.36. The maximum Gasteiger partial charge on any atom is 0.321 e. The van der Waals surface area contributed by atoms with Crippen LogP contribution in [0.2, 0.25) is 0 Å². The summed E-state index contributed by atoms with van der Waals surface area (Å²) in [6.07, 6.45) is 1.48. The lowest BCUT2D eigenvalue weighted by Gasteiger charge is -2.21. The summed E-state index contributed by atoms with van der Waals surface area (Å²) in [5.41, 5.74) is 5.96. The number of halogens is 1. The van der Waals surface area contributed by atoms with E-state index in [1.807, 2.05) is 0 Å². The summed E-state index contributed by atoms with van der Waals surface area (Å²) in [7, 11) is 0. The van der Waals surface area contributed by atoms with Gasteiger partial charge in [0.05, 0.1) is 0 Å².